The van der Waals surface area contributed by atoms with Crippen molar-refractivity contribution < 1.29 is 19.1 Å². The molecule has 32 heavy (non-hydrogen) atoms. The van der Waals surface area contributed by atoms with Gasteiger partial charge in [0.2, 0.25) is 0 Å². The van der Waals surface area contributed by atoms with E-state index >= 15 is 0 Å². The number of anilines is 1. The molecule has 0 unspecified atom stereocenters. The number of piperidine rings is 1. The fourth-order valence-electron chi connectivity index (χ4n) is 3.63. The lowest BCUT2D eigenvalue weighted by Crippen LogP contribution is -2.43. The van der Waals surface area contributed by atoms with E-state index in [1.54, 1.807) is 0 Å². The van der Waals surface area contributed by atoms with Crippen LogP contribution in [0.25, 0.3) is 11.1 Å². The number of likely N-dealkylation sites (tertiary alicyclic amines) is 1. The molecule has 1 saturated heterocycles. The van der Waals surface area contributed by atoms with Crippen LogP contribution in [-0.4, -0.2) is 55.0 Å². The highest BCUT2D eigenvalue weighted by Crippen LogP contribution is 2.28. The third kappa shape index (κ3) is 7.57. The Labute approximate surface area is 190 Å². The van der Waals surface area contributed by atoms with Gasteiger partial charge >= 0.3 is 12.2 Å². The van der Waals surface area contributed by atoms with Crippen molar-refractivity contribution in [3.05, 3.63) is 54.6 Å². The number of amides is 2. The zero-order chi connectivity index (χ0) is 23.0. The molecule has 1 aliphatic heterocycles. The summed E-state index contributed by atoms with van der Waals surface area (Å²) in [5.41, 5.74) is 2.23. The highest BCUT2D eigenvalue weighted by molar-refractivity contribution is 5.91. The molecular weight excluding hydrogens is 406 g/mol. The summed E-state index contributed by atoms with van der Waals surface area (Å²) in [6.45, 7) is 8.41. The van der Waals surface area contributed by atoms with E-state index in [4.69, 9.17) is 9.47 Å². The smallest absolute Gasteiger partial charge is 0.411 e. The van der Waals surface area contributed by atoms with Crippen LogP contribution in [0.15, 0.2) is 54.6 Å². The van der Waals surface area contributed by atoms with Crippen LogP contribution in [0.5, 0.6) is 0 Å². The molecule has 2 aromatic rings. The van der Waals surface area contributed by atoms with Gasteiger partial charge in [-0.15, -0.1) is 0 Å². The number of alkyl carbamates (subject to hydrolysis) is 1. The van der Waals surface area contributed by atoms with Crippen LogP contribution in [0.3, 0.4) is 0 Å². The molecule has 0 atom stereocenters. The van der Waals surface area contributed by atoms with Crippen molar-refractivity contribution in [2.24, 2.45) is 0 Å². The summed E-state index contributed by atoms with van der Waals surface area (Å²) < 4.78 is 10.9. The van der Waals surface area contributed by atoms with Crippen LogP contribution in [0.4, 0.5) is 15.3 Å². The molecule has 172 valence electrons. The van der Waals surface area contributed by atoms with Gasteiger partial charge in [0.05, 0.1) is 5.69 Å². The second kappa shape index (κ2) is 11.0. The number of hydrogen-bond donors (Lipinski definition) is 2. The van der Waals surface area contributed by atoms with Gasteiger partial charge in [-0.05, 0) is 45.2 Å². The van der Waals surface area contributed by atoms with Gasteiger partial charge in [0.25, 0.3) is 0 Å². The number of para-hydroxylation sites is 1. The molecule has 0 saturated carbocycles. The van der Waals surface area contributed by atoms with Crippen molar-refractivity contribution in [2.45, 2.75) is 45.3 Å². The summed E-state index contributed by atoms with van der Waals surface area (Å²) in [5.74, 6) is 0. The second-order valence-corrected chi connectivity index (χ2v) is 8.91. The Kier molecular flexibility index (Phi) is 8.11. The highest BCUT2D eigenvalue weighted by Gasteiger charge is 2.23. The van der Waals surface area contributed by atoms with E-state index in [0.717, 1.165) is 49.3 Å². The lowest BCUT2D eigenvalue weighted by atomic mass is 10.0. The quantitative estimate of drug-likeness (QED) is 0.670. The molecule has 7 heteroatoms. The van der Waals surface area contributed by atoms with Gasteiger partial charge in [-0.25, -0.2) is 9.59 Å². The third-order valence-corrected chi connectivity index (χ3v) is 5.15. The van der Waals surface area contributed by atoms with E-state index in [-0.39, 0.29) is 6.10 Å². The first kappa shape index (κ1) is 23.6. The highest BCUT2D eigenvalue weighted by atomic mass is 16.6. The van der Waals surface area contributed by atoms with Gasteiger partial charge in [0.15, 0.2) is 0 Å². The van der Waals surface area contributed by atoms with Crippen molar-refractivity contribution in [1.82, 2.24) is 10.2 Å². The molecule has 2 aromatic carbocycles. The molecule has 0 aromatic heterocycles. The van der Waals surface area contributed by atoms with Gasteiger partial charge in [-0.2, -0.15) is 0 Å². The Bertz CT molecular complexity index is 888. The van der Waals surface area contributed by atoms with Crippen LogP contribution < -0.4 is 10.6 Å². The van der Waals surface area contributed by atoms with E-state index in [1.807, 2.05) is 75.4 Å². The minimum Gasteiger partial charge on any atom is -0.446 e. The molecule has 0 bridgehead atoms. The lowest BCUT2D eigenvalue weighted by molar-refractivity contribution is 0.0481. The zero-order valence-corrected chi connectivity index (χ0v) is 19.1. The van der Waals surface area contributed by atoms with Gasteiger partial charge < -0.3 is 19.7 Å². The number of carbonyl (C=O) groups excluding carboxylic acids is 2. The normalized spacial score (nSPS) is 15.1. The van der Waals surface area contributed by atoms with Gasteiger partial charge in [0.1, 0.15) is 11.7 Å². The number of hydrogen-bond acceptors (Lipinski definition) is 5. The van der Waals surface area contributed by atoms with E-state index in [9.17, 15) is 9.59 Å². The molecule has 1 aliphatic rings. The average Bonchev–Trinajstić information content (AvgIpc) is 2.75. The van der Waals surface area contributed by atoms with Gasteiger partial charge in [-0.3, -0.25) is 5.32 Å². The minimum atomic E-state index is -0.498. The number of ether oxygens (including phenoxy) is 2. The van der Waals surface area contributed by atoms with Crippen LogP contribution in [-0.2, 0) is 9.47 Å². The lowest BCUT2D eigenvalue weighted by Gasteiger charge is -2.31. The predicted molar refractivity (Wildman–Crippen MR) is 126 cm³/mol. The summed E-state index contributed by atoms with van der Waals surface area (Å²) in [5, 5.41) is 5.67. The van der Waals surface area contributed by atoms with Crippen LogP contribution in [0, 0.1) is 0 Å². The molecule has 7 nitrogen and oxygen atoms in total. The maximum absolute atomic E-state index is 12.5. The fourth-order valence-corrected chi connectivity index (χ4v) is 3.63. The molecule has 0 aliphatic carbocycles. The number of carbonyl (C=O) groups is 2. The van der Waals surface area contributed by atoms with Gasteiger partial charge in [0, 0.05) is 31.7 Å². The van der Waals surface area contributed by atoms with E-state index in [1.165, 1.54) is 0 Å². The maximum atomic E-state index is 12.5. The van der Waals surface area contributed by atoms with Crippen molar-refractivity contribution in [2.75, 3.05) is 31.5 Å². The Morgan fingerprint density at radius 2 is 1.62 bits per heavy atom. The molecule has 0 spiro atoms. The van der Waals surface area contributed by atoms with Crippen LogP contribution >= 0.6 is 0 Å². The molecule has 2 N–H and O–H groups in total. The number of benzene rings is 2. The zero-order valence-electron chi connectivity index (χ0n) is 19.1. The topological polar surface area (TPSA) is 79.9 Å². The standard InChI is InChI=1S/C25H33N3O4/c1-25(2,3)32-23(29)26-15-18-28-16-13-20(14-17-28)31-24(30)27-22-12-8-7-11-21(22)19-9-5-4-6-10-19/h4-12,20H,13-18H2,1-3H3,(H,26,29)(H,27,30). The molecule has 1 fully saturated rings. The fraction of sp³-hybridized carbons (Fsp3) is 0.440. The van der Waals surface area contributed by atoms with Crippen molar-refractivity contribution in [1.29, 1.82) is 0 Å². The predicted octanol–water partition coefficient (Wildman–Crippen LogP) is 4.89. The summed E-state index contributed by atoms with van der Waals surface area (Å²) in [4.78, 5) is 26.5. The molecule has 2 amide bonds. The minimum absolute atomic E-state index is 0.117. The maximum Gasteiger partial charge on any atom is 0.411 e. The number of rotatable bonds is 6. The molecular formula is C25H33N3O4. The van der Waals surface area contributed by atoms with E-state index in [2.05, 4.69) is 15.5 Å². The molecule has 3 rings (SSSR count). The molecule has 1 heterocycles. The van der Waals surface area contributed by atoms with Crippen LogP contribution in [0.2, 0.25) is 0 Å². The Morgan fingerprint density at radius 3 is 2.31 bits per heavy atom. The summed E-state index contributed by atoms with van der Waals surface area (Å²) in [6, 6.07) is 17.6. The van der Waals surface area contributed by atoms with E-state index < -0.39 is 17.8 Å². The first-order chi connectivity index (χ1) is 15.3. The Morgan fingerprint density at radius 1 is 0.969 bits per heavy atom. The number of nitrogens with one attached hydrogen (secondary N) is 2. The summed E-state index contributed by atoms with van der Waals surface area (Å²) in [7, 11) is 0. The largest absolute Gasteiger partial charge is 0.446 e. The van der Waals surface area contributed by atoms with Crippen LogP contribution in [0.1, 0.15) is 33.6 Å². The second-order valence-electron chi connectivity index (χ2n) is 8.91. The molecule has 0 radical (unpaired) electrons. The monoisotopic (exact) mass is 439 g/mol. The van der Waals surface area contributed by atoms with Gasteiger partial charge in [-0.1, -0.05) is 48.5 Å². The first-order valence-corrected chi connectivity index (χ1v) is 11.1. The van der Waals surface area contributed by atoms with Crippen molar-refractivity contribution >= 4 is 17.9 Å². The number of nitrogens with zero attached hydrogens (tertiary/aromatic N) is 1. The summed E-state index contributed by atoms with van der Waals surface area (Å²) >= 11 is 0. The first-order valence-electron chi connectivity index (χ1n) is 11.1. The van der Waals surface area contributed by atoms with Crippen molar-refractivity contribution in [3.8, 4) is 11.1 Å². The average molecular weight is 440 g/mol. The summed E-state index contributed by atoms with van der Waals surface area (Å²) in [6.07, 6.45) is 0.580. The Balaban J connectivity index is 1.41. The Hall–Kier alpha value is -3.06. The third-order valence-electron chi connectivity index (χ3n) is 5.15. The van der Waals surface area contributed by atoms with Crippen molar-refractivity contribution in [3.63, 3.8) is 0 Å². The van der Waals surface area contributed by atoms with E-state index in [0.29, 0.717) is 6.54 Å². The SMILES string of the molecule is CC(C)(C)OC(=O)NCCN1CCC(OC(=O)Nc2ccccc2-c2ccccc2)CC1.